The number of halogens is 1. The highest BCUT2D eigenvalue weighted by Crippen LogP contribution is 1.96. The minimum atomic E-state index is -0.324. The predicted octanol–water partition coefficient (Wildman–Crippen LogP) is 2.46. The molecular weight excluding hydrogens is 117 g/mol. The lowest BCUT2D eigenvalue weighted by atomic mass is 10.5. The molecule has 0 radical (unpaired) electrons. The van der Waals surface area contributed by atoms with Gasteiger partial charge in [-0.2, -0.15) is 0 Å². The van der Waals surface area contributed by atoms with E-state index in [9.17, 15) is 4.39 Å². The monoisotopic (exact) mass is 127 g/mol. The Kier molecular flexibility index (Phi) is 4.69. The van der Waals surface area contributed by atoms with Gasteiger partial charge in [0.2, 0.25) is 0 Å². The summed E-state index contributed by atoms with van der Waals surface area (Å²) >= 11 is 0. The first-order chi connectivity index (χ1) is 4.31. The van der Waals surface area contributed by atoms with Crippen LogP contribution in [-0.4, -0.2) is 6.21 Å². The van der Waals surface area contributed by atoms with Crippen LogP contribution < -0.4 is 0 Å². The molecule has 0 N–H and O–H groups in total. The molecule has 0 aromatic carbocycles. The Bertz CT molecular complexity index is 145. The fourth-order valence-corrected chi connectivity index (χ4v) is 0.348. The van der Waals surface area contributed by atoms with Gasteiger partial charge in [0, 0.05) is 6.21 Å². The van der Waals surface area contributed by atoms with Gasteiger partial charge in [0.05, 0.1) is 6.20 Å². The summed E-state index contributed by atoms with van der Waals surface area (Å²) < 4.78 is 12.3. The average Bonchev–Trinajstić information content (AvgIpc) is 1.85. The Morgan fingerprint density at radius 3 is 2.56 bits per heavy atom. The summed E-state index contributed by atoms with van der Waals surface area (Å²) in [7, 11) is 0. The van der Waals surface area contributed by atoms with E-state index in [1.807, 2.05) is 0 Å². The van der Waals surface area contributed by atoms with Gasteiger partial charge in [0.1, 0.15) is 5.83 Å². The molecule has 0 bridgehead atoms. The summed E-state index contributed by atoms with van der Waals surface area (Å²) in [6, 6.07) is 0. The highest BCUT2D eigenvalue weighted by atomic mass is 19.1. The number of nitrogens with zero attached hydrogens (tertiary/aromatic N) is 1. The van der Waals surface area contributed by atoms with Gasteiger partial charge in [-0.3, -0.25) is 4.99 Å². The molecule has 0 aliphatic carbocycles. The van der Waals surface area contributed by atoms with E-state index in [1.165, 1.54) is 18.5 Å². The highest BCUT2D eigenvalue weighted by Gasteiger charge is 1.79. The molecule has 0 aromatic heterocycles. The van der Waals surface area contributed by atoms with E-state index >= 15 is 0 Å². The van der Waals surface area contributed by atoms with E-state index in [2.05, 4.69) is 4.99 Å². The molecule has 0 unspecified atom stereocenters. The normalized spacial score (nSPS) is 13.9. The van der Waals surface area contributed by atoms with Crippen molar-refractivity contribution >= 4 is 6.21 Å². The molecule has 0 fully saturated rings. The largest absolute Gasteiger partial charge is 0.266 e. The van der Waals surface area contributed by atoms with Crippen molar-refractivity contribution in [3.05, 3.63) is 24.2 Å². The van der Waals surface area contributed by atoms with E-state index < -0.39 is 0 Å². The number of hydrogen-bond donors (Lipinski definition) is 0. The van der Waals surface area contributed by atoms with E-state index in [0.29, 0.717) is 0 Å². The molecule has 0 atom stereocenters. The van der Waals surface area contributed by atoms with Crippen LogP contribution in [0.25, 0.3) is 0 Å². The molecular formula is C7H10FN. The summed E-state index contributed by atoms with van der Waals surface area (Å²) in [6.07, 6.45) is 5.67. The molecule has 0 amide bonds. The van der Waals surface area contributed by atoms with E-state index in [0.717, 1.165) is 0 Å². The van der Waals surface area contributed by atoms with Gasteiger partial charge in [0.25, 0.3) is 0 Å². The molecule has 0 saturated heterocycles. The predicted molar refractivity (Wildman–Crippen MR) is 38.2 cm³/mol. The molecule has 0 aromatic rings. The molecule has 0 saturated carbocycles. The van der Waals surface area contributed by atoms with Crippen molar-refractivity contribution in [3.8, 4) is 0 Å². The number of hydrogen-bond acceptors (Lipinski definition) is 1. The Balaban J connectivity index is 3.84. The minimum absolute atomic E-state index is 0.324. The van der Waals surface area contributed by atoms with Gasteiger partial charge < -0.3 is 0 Å². The second-order valence-electron chi connectivity index (χ2n) is 1.42. The number of rotatable bonds is 2. The maximum absolute atomic E-state index is 12.3. The molecule has 9 heavy (non-hydrogen) atoms. The Hall–Kier alpha value is -0.920. The summed E-state index contributed by atoms with van der Waals surface area (Å²) in [4.78, 5) is 3.58. The van der Waals surface area contributed by atoms with Gasteiger partial charge in [-0.25, -0.2) is 4.39 Å². The summed E-state index contributed by atoms with van der Waals surface area (Å²) in [5.41, 5.74) is 0. The van der Waals surface area contributed by atoms with Crippen LogP contribution in [0.4, 0.5) is 4.39 Å². The molecule has 2 heteroatoms. The topological polar surface area (TPSA) is 12.4 Å². The lowest BCUT2D eigenvalue weighted by Crippen LogP contribution is -1.62. The summed E-state index contributed by atoms with van der Waals surface area (Å²) in [5.74, 6) is -0.324. The molecule has 1 nitrogen and oxygen atoms in total. The van der Waals surface area contributed by atoms with Gasteiger partial charge in [-0.15, -0.1) is 0 Å². The van der Waals surface area contributed by atoms with E-state index in [1.54, 1.807) is 19.9 Å². The van der Waals surface area contributed by atoms with Crippen LogP contribution >= 0.6 is 0 Å². The van der Waals surface area contributed by atoms with Crippen LogP contribution in [0.15, 0.2) is 29.2 Å². The third-order valence-electron chi connectivity index (χ3n) is 0.673. The maximum Gasteiger partial charge on any atom is 0.141 e. The summed E-state index contributed by atoms with van der Waals surface area (Å²) in [5, 5.41) is 0. The lowest BCUT2D eigenvalue weighted by Gasteiger charge is -1.78. The summed E-state index contributed by atoms with van der Waals surface area (Å²) in [6.45, 7) is 3.49. The molecule has 0 aliphatic heterocycles. The van der Waals surface area contributed by atoms with E-state index in [-0.39, 0.29) is 5.83 Å². The van der Waals surface area contributed by atoms with Crippen molar-refractivity contribution in [2.45, 2.75) is 13.8 Å². The zero-order chi connectivity index (χ0) is 7.11. The molecule has 50 valence electrons. The fraction of sp³-hybridized carbons (Fsp3) is 0.286. The third kappa shape index (κ3) is 4.94. The SMILES string of the molecule is C\C=C/C(F)=C\N=C\C. The molecule has 0 heterocycles. The van der Waals surface area contributed by atoms with Crippen LogP contribution in [-0.2, 0) is 0 Å². The minimum Gasteiger partial charge on any atom is -0.266 e. The standard InChI is InChI=1S/C7H10FN/c1-3-5-7(8)6-9-4-2/h3-6H,1-2H3/b5-3-,7-6+,9-4+. The first-order valence-electron chi connectivity index (χ1n) is 2.77. The highest BCUT2D eigenvalue weighted by molar-refractivity contribution is 5.54. The van der Waals surface area contributed by atoms with Gasteiger partial charge >= 0.3 is 0 Å². The molecule has 0 aliphatic rings. The first-order valence-corrected chi connectivity index (χ1v) is 2.77. The van der Waals surface area contributed by atoms with Gasteiger partial charge in [-0.05, 0) is 19.9 Å². The zero-order valence-corrected chi connectivity index (χ0v) is 5.63. The van der Waals surface area contributed by atoms with Crippen molar-refractivity contribution in [1.82, 2.24) is 0 Å². The van der Waals surface area contributed by atoms with Crippen LogP contribution in [0.1, 0.15) is 13.8 Å². The van der Waals surface area contributed by atoms with Crippen LogP contribution in [0, 0.1) is 0 Å². The maximum atomic E-state index is 12.3. The van der Waals surface area contributed by atoms with Crippen LogP contribution in [0.2, 0.25) is 0 Å². The first kappa shape index (κ1) is 8.08. The van der Waals surface area contributed by atoms with Crippen LogP contribution in [0.3, 0.4) is 0 Å². The third-order valence-corrected chi connectivity index (χ3v) is 0.673. The Labute approximate surface area is 54.6 Å². The smallest absolute Gasteiger partial charge is 0.141 e. The van der Waals surface area contributed by atoms with Crippen molar-refractivity contribution < 1.29 is 4.39 Å². The quantitative estimate of drug-likeness (QED) is 0.399. The number of aliphatic imine (C=N–C) groups is 1. The van der Waals surface area contributed by atoms with E-state index in [4.69, 9.17) is 0 Å². The van der Waals surface area contributed by atoms with Crippen molar-refractivity contribution in [2.75, 3.05) is 0 Å². The lowest BCUT2D eigenvalue weighted by molar-refractivity contribution is 0.663. The second-order valence-corrected chi connectivity index (χ2v) is 1.42. The van der Waals surface area contributed by atoms with Crippen LogP contribution in [0.5, 0.6) is 0 Å². The second kappa shape index (κ2) is 5.22. The average molecular weight is 127 g/mol. The van der Waals surface area contributed by atoms with Crippen molar-refractivity contribution in [2.24, 2.45) is 4.99 Å². The molecule has 0 rings (SSSR count). The Morgan fingerprint density at radius 1 is 1.44 bits per heavy atom. The van der Waals surface area contributed by atoms with Crippen molar-refractivity contribution in [3.63, 3.8) is 0 Å². The molecule has 0 spiro atoms. The van der Waals surface area contributed by atoms with Crippen molar-refractivity contribution in [1.29, 1.82) is 0 Å². The van der Waals surface area contributed by atoms with Gasteiger partial charge in [-0.1, -0.05) is 6.08 Å². The zero-order valence-electron chi connectivity index (χ0n) is 5.63. The Morgan fingerprint density at radius 2 is 2.11 bits per heavy atom. The van der Waals surface area contributed by atoms with Gasteiger partial charge in [0.15, 0.2) is 0 Å². The number of allylic oxidation sites excluding steroid dienone is 3. The fourth-order valence-electron chi connectivity index (χ4n) is 0.348.